The maximum Gasteiger partial charge on any atom is 0.255 e. The van der Waals surface area contributed by atoms with Gasteiger partial charge in [0.2, 0.25) is 0 Å². The van der Waals surface area contributed by atoms with E-state index < -0.39 is 0 Å². The number of para-hydroxylation sites is 1. The van der Waals surface area contributed by atoms with Gasteiger partial charge in [0.1, 0.15) is 5.52 Å². The summed E-state index contributed by atoms with van der Waals surface area (Å²) >= 11 is 0. The zero-order chi connectivity index (χ0) is 14.2. The highest BCUT2D eigenvalue weighted by molar-refractivity contribution is 6.09. The Kier molecular flexibility index (Phi) is 2.50. The van der Waals surface area contributed by atoms with Crippen LogP contribution in [0.1, 0.15) is 10.4 Å². The Morgan fingerprint density at radius 1 is 1.05 bits per heavy atom. The lowest BCUT2D eigenvalue weighted by atomic mass is 10.1. The van der Waals surface area contributed by atoms with Crippen LogP contribution in [0.4, 0.5) is 5.69 Å². The molecule has 0 saturated heterocycles. The average molecular weight is 276 g/mol. The number of aromatic nitrogens is 3. The highest BCUT2D eigenvalue weighted by atomic mass is 16.1. The zero-order valence-electron chi connectivity index (χ0n) is 11.1. The van der Waals surface area contributed by atoms with Crippen molar-refractivity contribution in [2.24, 2.45) is 0 Å². The van der Waals surface area contributed by atoms with Crippen molar-refractivity contribution in [2.75, 3.05) is 5.32 Å². The average Bonchev–Trinajstić information content (AvgIpc) is 3.15. The van der Waals surface area contributed by atoms with E-state index in [9.17, 15) is 4.79 Å². The third-order valence-electron chi connectivity index (χ3n) is 3.52. The number of rotatable bonds is 2. The smallest absolute Gasteiger partial charge is 0.255 e. The summed E-state index contributed by atoms with van der Waals surface area (Å²) < 4.78 is 0. The molecule has 0 unspecified atom stereocenters. The molecule has 2 aromatic heterocycles. The SMILES string of the molecule is O=C(Nc1cccc2[nH]cnc12)c1ccc2cc[nH]c2c1. The molecule has 2 aromatic carbocycles. The number of nitrogens with one attached hydrogen (secondary N) is 3. The zero-order valence-corrected chi connectivity index (χ0v) is 11.1. The Hall–Kier alpha value is -3.08. The number of H-pyrrole nitrogens is 2. The molecule has 102 valence electrons. The minimum atomic E-state index is -0.151. The normalized spacial score (nSPS) is 11.0. The van der Waals surface area contributed by atoms with Gasteiger partial charge in [0.25, 0.3) is 5.91 Å². The van der Waals surface area contributed by atoms with Crippen LogP contribution in [-0.4, -0.2) is 20.9 Å². The molecule has 0 radical (unpaired) electrons. The summed E-state index contributed by atoms with van der Waals surface area (Å²) in [4.78, 5) is 22.7. The molecule has 2 heterocycles. The van der Waals surface area contributed by atoms with E-state index in [1.54, 1.807) is 6.33 Å². The van der Waals surface area contributed by atoms with Crippen molar-refractivity contribution < 1.29 is 4.79 Å². The largest absolute Gasteiger partial charge is 0.361 e. The van der Waals surface area contributed by atoms with Crippen molar-refractivity contribution in [3.05, 3.63) is 60.6 Å². The first-order valence-corrected chi connectivity index (χ1v) is 6.62. The Morgan fingerprint density at radius 3 is 2.95 bits per heavy atom. The van der Waals surface area contributed by atoms with Crippen LogP contribution in [-0.2, 0) is 0 Å². The number of nitrogens with zero attached hydrogens (tertiary/aromatic N) is 1. The quantitative estimate of drug-likeness (QED) is 0.525. The van der Waals surface area contributed by atoms with Gasteiger partial charge < -0.3 is 15.3 Å². The highest BCUT2D eigenvalue weighted by Gasteiger charge is 2.10. The van der Waals surface area contributed by atoms with Crippen LogP contribution in [0.5, 0.6) is 0 Å². The first-order valence-electron chi connectivity index (χ1n) is 6.62. The number of benzene rings is 2. The minimum absolute atomic E-state index is 0.151. The van der Waals surface area contributed by atoms with Gasteiger partial charge in [-0.25, -0.2) is 4.98 Å². The van der Waals surface area contributed by atoms with E-state index in [-0.39, 0.29) is 5.91 Å². The molecular weight excluding hydrogens is 264 g/mol. The molecule has 0 saturated carbocycles. The standard InChI is InChI=1S/C16H12N4O/c21-16(11-5-4-10-6-7-17-14(10)8-11)20-13-3-1-2-12-15(13)19-9-18-12/h1-9,17H,(H,18,19)(H,20,21). The van der Waals surface area contributed by atoms with E-state index in [2.05, 4.69) is 20.3 Å². The molecule has 0 atom stereocenters. The fraction of sp³-hybridized carbons (Fsp3) is 0. The predicted octanol–water partition coefficient (Wildman–Crippen LogP) is 3.30. The van der Waals surface area contributed by atoms with Crippen LogP contribution in [0, 0.1) is 0 Å². The molecular formula is C16H12N4O. The Balaban J connectivity index is 1.70. The number of anilines is 1. The number of carbonyl (C=O) groups excluding carboxylic acids is 1. The summed E-state index contributed by atoms with van der Waals surface area (Å²) in [5, 5.41) is 3.99. The van der Waals surface area contributed by atoms with Gasteiger partial charge in [0.05, 0.1) is 17.5 Å². The van der Waals surface area contributed by atoms with Gasteiger partial charge in [-0.1, -0.05) is 12.1 Å². The molecule has 0 aliphatic carbocycles. The Labute approximate surface area is 120 Å². The van der Waals surface area contributed by atoms with Crippen molar-refractivity contribution in [3.63, 3.8) is 0 Å². The summed E-state index contributed by atoms with van der Waals surface area (Å²) in [5.41, 5.74) is 3.91. The van der Waals surface area contributed by atoms with E-state index in [0.717, 1.165) is 21.9 Å². The van der Waals surface area contributed by atoms with Gasteiger partial charge in [-0.3, -0.25) is 4.79 Å². The maximum absolute atomic E-state index is 12.4. The molecule has 5 heteroatoms. The van der Waals surface area contributed by atoms with Gasteiger partial charge in [0.15, 0.2) is 0 Å². The molecule has 4 aromatic rings. The van der Waals surface area contributed by atoms with Crippen LogP contribution in [0.3, 0.4) is 0 Å². The molecule has 0 bridgehead atoms. The molecule has 0 spiro atoms. The molecule has 1 amide bonds. The molecule has 3 N–H and O–H groups in total. The second-order valence-corrected chi connectivity index (χ2v) is 4.84. The first kappa shape index (κ1) is 11.7. The molecule has 21 heavy (non-hydrogen) atoms. The van der Waals surface area contributed by atoms with Gasteiger partial charge in [-0.05, 0) is 35.7 Å². The number of hydrogen-bond donors (Lipinski definition) is 3. The minimum Gasteiger partial charge on any atom is -0.361 e. The lowest BCUT2D eigenvalue weighted by Gasteiger charge is -2.06. The predicted molar refractivity (Wildman–Crippen MR) is 82.3 cm³/mol. The summed E-state index contributed by atoms with van der Waals surface area (Å²) in [5.74, 6) is -0.151. The third-order valence-corrected chi connectivity index (χ3v) is 3.52. The number of fused-ring (bicyclic) bond motifs is 2. The van der Waals surface area contributed by atoms with E-state index in [4.69, 9.17) is 0 Å². The number of carbonyl (C=O) groups is 1. The van der Waals surface area contributed by atoms with E-state index >= 15 is 0 Å². The number of amides is 1. The maximum atomic E-state index is 12.4. The first-order chi connectivity index (χ1) is 10.3. The summed E-state index contributed by atoms with van der Waals surface area (Å²) in [6, 6.07) is 13.2. The van der Waals surface area contributed by atoms with Gasteiger partial charge in [-0.2, -0.15) is 0 Å². The van der Waals surface area contributed by atoms with Crippen molar-refractivity contribution >= 4 is 33.5 Å². The van der Waals surface area contributed by atoms with Crippen LogP contribution in [0.15, 0.2) is 55.0 Å². The number of imidazole rings is 1. The summed E-state index contributed by atoms with van der Waals surface area (Å²) in [6.45, 7) is 0. The van der Waals surface area contributed by atoms with E-state index in [1.165, 1.54) is 0 Å². The number of aromatic amines is 2. The monoisotopic (exact) mass is 276 g/mol. The van der Waals surface area contributed by atoms with Crippen molar-refractivity contribution in [2.45, 2.75) is 0 Å². The lowest BCUT2D eigenvalue weighted by Crippen LogP contribution is -2.12. The second kappa shape index (κ2) is 4.49. The van der Waals surface area contributed by atoms with Gasteiger partial charge in [-0.15, -0.1) is 0 Å². The molecule has 5 nitrogen and oxygen atoms in total. The molecule has 0 aliphatic heterocycles. The Morgan fingerprint density at radius 2 is 2.00 bits per heavy atom. The van der Waals surface area contributed by atoms with Gasteiger partial charge >= 0.3 is 0 Å². The van der Waals surface area contributed by atoms with Crippen LogP contribution < -0.4 is 5.32 Å². The van der Waals surface area contributed by atoms with E-state index in [1.807, 2.05) is 48.7 Å². The molecule has 0 aliphatic rings. The highest BCUT2D eigenvalue weighted by Crippen LogP contribution is 2.21. The van der Waals surface area contributed by atoms with Gasteiger partial charge in [0, 0.05) is 17.3 Å². The summed E-state index contributed by atoms with van der Waals surface area (Å²) in [7, 11) is 0. The fourth-order valence-electron chi connectivity index (χ4n) is 2.45. The van der Waals surface area contributed by atoms with Crippen molar-refractivity contribution in [3.8, 4) is 0 Å². The third kappa shape index (κ3) is 1.95. The van der Waals surface area contributed by atoms with Crippen molar-refractivity contribution in [1.29, 1.82) is 0 Å². The second-order valence-electron chi connectivity index (χ2n) is 4.84. The van der Waals surface area contributed by atoms with Crippen molar-refractivity contribution in [1.82, 2.24) is 15.0 Å². The van der Waals surface area contributed by atoms with Crippen LogP contribution >= 0.6 is 0 Å². The molecule has 4 rings (SSSR count). The lowest BCUT2D eigenvalue weighted by molar-refractivity contribution is 0.102. The fourth-order valence-corrected chi connectivity index (χ4v) is 2.45. The van der Waals surface area contributed by atoms with Crippen LogP contribution in [0.25, 0.3) is 21.9 Å². The number of hydrogen-bond acceptors (Lipinski definition) is 2. The molecule has 0 fully saturated rings. The Bertz CT molecular complexity index is 951. The van der Waals surface area contributed by atoms with Crippen LogP contribution in [0.2, 0.25) is 0 Å². The summed E-state index contributed by atoms with van der Waals surface area (Å²) in [6.07, 6.45) is 3.47. The topological polar surface area (TPSA) is 73.6 Å². The van der Waals surface area contributed by atoms with E-state index in [0.29, 0.717) is 11.3 Å².